The van der Waals surface area contributed by atoms with Gasteiger partial charge in [-0.05, 0) is 19.1 Å². The second kappa shape index (κ2) is 8.17. The number of hydrogen-bond donors (Lipinski definition) is 2. The molecule has 1 saturated heterocycles. The molecule has 134 valence electrons. The first kappa shape index (κ1) is 17.5. The van der Waals surface area contributed by atoms with Crippen LogP contribution in [0.15, 0.2) is 24.3 Å². The molecule has 0 saturated carbocycles. The van der Waals surface area contributed by atoms with Crippen molar-refractivity contribution in [3.63, 3.8) is 0 Å². The van der Waals surface area contributed by atoms with E-state index in [0.29, 0.717) is 24.0 Å². The molecule has 6 nitrogen and oxygen atoms in total. The smallest absolute Gasteiger partial charge is 0.224 e. The lowest BCUT2D eigenvalue weighted by Gasteiger charge is -2.26. The summed E-state index contributed by atoms with van der Waals surface area (Å²) in [5.41, 5.74) is 0.475. The number of anilines is 3. The summed E-state index contributed by atoms with van der Waals surface area (Å²) in [6.07, 6.45) is 0. The van der Waals surface area contributed by atoms with Crippen LogP contribution in [0, 0.1) is 18.6 Å². The van der Waals surface area contributed by atoms with Crippen molar-refractivity contribution in [3.05, 3.63) is 41.6 Å². The SMILES string of the molecule is Cc1cc(Nc2c(F)cccc2F)nc(NCCN2CCOCC2)n1. The summed E-state index contributed by atoms with van der Waals surface area (Å²) in [7, 11) is 0. The highest BCUT2D eigenvalue weighted by Crippen LogP contribution is 2.22. The monoisotopic (exact) mass is 349 g/mol. The Morgan fingerprint density at radius 3 is 2.60 bits per heavy atom. The maximum atomic E-state index is 13.8. The van der Waals surface area contributed by atoms with Crippen molar-refractivity contribution in [1.82, 2.24) is 14.9 Å². The average molecular weight is 349 g/mol. The van der Waals surface area contributed by atoms with E-state index in [0.717, 1.165) is 32.8 Å². The first-order chi connectivity index (χ1) is 12.1. The molecule has 0 unspecified atom stereocenters. The van der Waals surface area contributed by atoms with Crippen LogP contribution < -0.4 is 10.6 Å². The van der Waals surface area contributed by atoms with Gasteiger partial charge in [-0.15, -0.1) is 0 Å². The second-order valence-corrected chi connectivity index (χ2v) is 5.82. The van der Waals surface area contributed by atoms with Gasteiger partial charge in [0, 0.05) is 37.9 Å². The van der Waals surface area contributed by atoms with Gasteiger partial charge in [0.15, 0.2) is 0 Å². The molecule has 1 aromatic heterocycles. The van der Waals surface area contributed by atoms with Crippen LogP contribution in [0.5, 0.6) is 0 Å². The number of aryl methyl sites for hydroxylation is 1. The molecule has 1 aliphatic rings. The van der Waals surface area contributed by atoms with Crippen LogP contribution in [-0.2, 0) is 4.74 Å². The topological polar surface area (TPSA) is 62.3 Å². The lowest BCUT2D eigenvalue weighted by molar-refractivity contribution is 0.0398. The molecule has 0 atom stereocenters. The van der Waals surface area contributed by atoms with Gasteiger partial charge in [-0.2, -0.15) is 4.98 Å². The van der Waals surface area contributed by atoms with Gasteiger partial charge in [0.2, 0.25) is 5.95 Å². The van der Waals surface area contributed by atoms with E-state index in [-0.39, 0.29) is 5.69 Å². The molecule has 1 aromatic carbocycles. The molecule has 2 aromatic rings. The maximum absolute atomic E-state index is 13.8. The summed E-state index contributed by atoms with van der Waals surface area (Å²) < 4.78 is 32.9. The van der Waals surface area contributed by atoms with Crippen LogP contribution >= 0.6 is 0 Å². The molecular weight excluding hydrogens is 328 g/mol. The van der Waals surface area contributed by atoms with Crippen molar-refractivity contribution in [2.24, 2.45) is 0 Å². The third kappa shape index (κ3) is 4.83. The van der Waals surface area contributed by atoms with E-state index in [4.69, 9.17) is 4.74 Å². The predicted octanol–water partition coefficient (Wildman–Crippen LogP) is 2.55. The zero-order chi connectivity index (χ0) is 17.6. The van der Waals surface area contributed by atoms with Crippen LogP contribution in [0.25, 0.3) is 0 Å². The Hall–Kier alpha value is -2.32. The lowest BCUT2D eigenvalue weighted by Crippen LogP contribution is -2.39. The Balaban J connectivity index is 1.64. The Kier molecular flexibility index (Phi) is 5.72. The molecule has 2 N–H and O–H groups in total. The minimum atomic E-state index is -0.668. The van der Waals surface area contributed by atoms with E-state index >= 15 is 0 Å². The second-order valence-electron chi connectivity index (χ2n) is 5.82. The highest BCUT2D eigenvalue weighted by atomic mass is 19.1. The molecule has 25 heavy (non-hydrogen) atoms. The largest absolute Gasteiger partial charge is 0.379 e. The van der Waals surface area contributed by atoms with Crippen molar-refractivity contribution >= 4 is 17.5 Å². The predicted molar refractivity (Wildman–Crippen MR) is 92.2 cm³/mol. The molecule has 0 spiro atoms. The van der Waals surface area contributed by atoms with Gasteiger partial charge < -0.3 is 15.4 Å². The quantitative estimate of drug-likeness (QED) is 0.836. The highest BCUT2D eigenvalue weighted by molar-refractivity contribution is 5.58. The lowest BCUT2D eigenvalue weighted by atomic mass is 10.3. The first-order valence-electron chi connectivity index (χ1n) is 8.22. The zero-order valence-electron chi connectivity index (χ0n) is 14.1. The van der Waals surface area contributed by atoms with Crippen molar-refractivity contribution in [3.8, 4) is 0 Å². The Labute approximate surface area is 145 Å². The first-order valence-corrected chi connectivity index (χ1v) is 8.22. The number of ether oxygens (including phenoxy) is 1. The number of rotatable bonds is 6. The summed E-state index contributed by atoms with van der Waals surface area (Å²) in [5.74, 6) is -0.575. The van der Waals surface area contributed by atoms with Crippen molar-refractivity contribution < 1.29 is 13.5 Å². The number of nitrogens with zero attached hydrogens (tertiary/aromatic N) is 3. The molecule has 1 aliphatic heterocycles. The van der Waals surface area contributed by atoms with Gasteiger partial charge in [-0.1, -0.05) is 6.07 Å². The number of halogens is 2. The molecule has 8 heteroatoms. The van der Waals surface area contributed by atoms with Gasteiger partial charge in [0.1, 0.15) is 23.1 Å². The van der Waals surface area contributed by atoms with Crippen LogP contribution in [-0.4, -0.2) is 54.3 Å². The van der Waals surface area contributed by atoms with Crippen molar-refractivity contribution in [2.45, 2.75) is 6.92 Å². The minimum absolute atomic E-state index is 0.222. The Morgan fingerprint density at radius 1 is 1.16 bits per heavy atom. The van der Waals surface area contributed by atoms with E-state index in [1.54, 1.807) is 13.0 Å². The van der Waals surface area contributed by atoms with E-state index in [9.17, 15) is 8.78 Å². The van der Waals surface area contributed by atoms with Crippen LogP contribution in [0.3, 0.4) is 0 Å². The fourth-order valence-electron chi connectivity index (χ4n) is 2.61. The van der Waals surface area contributed by atoms with Gasteiger partial charge in [0.05, 0.1) is 13.2 Å². The number of aromatic nitrogens is 2. The van der Waals surface area contributed by atoms with E-state index in [1.807, 2.05) is 0 Å². The normalized spacial score (nSPS) is 15.2. The fourth-order valence-corrected chi connectivity index (χ4v) is 2.61. The van der Waals surface area contributed by atoms with Crippen LogP contribution in [0.2, 0.25) is 0 Å². The minimum Gasteiger partial charge on any atom is -0.379 e. The van der Waals surface area contributed by atoms with Gasteiger partial charge in [-0.25, -0.2) is 13.8 Å². The highest BCUT2D eigenvalue weighted by Gasteiger charge is 2.12. The summed E-state index contributed by atoms with van der Waals surface area (Å²) >= 11 is 0. The molecule has 0 radical (unpaired) electrons. The van der Waals surface area contributed by atoms with Crippen molar-refractivity contribution in [2.75, 3.05) is 50.0 Å². The third-order valence-electron chi connectivity index (χ3n) is 3.88. The summed E-state index contributed by atoms with van der Waals surface area (Å²) in [6.45, 7) is 6.66. The number of nitrogens with one attached hydrogen (secondary N) is 2. The van der Waals surface area contributed by atoms with E-state index in [1.165, 1.54) is 18.2 Å². The third-order valence-corrected chi connectivity index (χ3v) is 3.88. The van der Waals surface area contributed by atoms with Crippen LogP contribution in [0.1, 0.15) is 5.69 Å². The van der Waals surface area contributed by atoms with Gasteiger partial charge in [0.25, 0.3) is 0 Å². The molecular formula is C17H21F2N5O. The number of para-hydroxylation sites is 1. The van der Waals surface area contributed by atoms with Crippen LogP contribution in [0.4, 0.5) is 26.2 Å². The number of benzene rings is 1. The standard InChI is InChI=1S/C17H21F2N5O/c1-12-11-15(22-16-13(18)3-2-4-14(16)19)23-17(21-12)20-5-6-24-7-9-25-10-8-24/h2-4,11H,5-10H2,1H3,(H2,20,21,22,23). The van der Waals surface area contributed by atoms with E-state index < -0.39 is 11.6 Å². The Bertz CT molecular complexity index is 702. The molecule has 1 fully saturated rings. The van der Waals surface area contributed by atoms with Gasteiger partial charge in [-0.3, -0.25) is 4.90 Å². The molecule has 0 aliphatic carbocycles. The number of hydrogen-bond acceptors (Lipinski definition) is 6. The summed E-state index contributed by atoms with van der Waals surface area (Å²) in [5, 5.41) is 5.85. The molecule has 0 bridgehead atoms. The van der Waals surface area contributed by atoms with E-state index in [2.05, 4.69) is 25.5 Å². The molecule has 2 heterocycles. The Morgan fingerprint density at radius 2 is 1.88 bits per heavy atom. The zero-order valence-corrected chi connectivity index (χ0v) is 14.1. The fraction of sp³-hybridized carbons (Fsp3) is 0.412. The summed E-state index contributed by atoms with van der Waals surface area (Å²) in [6, 6.07) is 5.35. The van der Waals surface area contributed by atoms with Gasteiger partial charge >= 0.3 is 0 Å². The average Bonchev–Trinajstić information content (AvgIpc) is 2.59. The maximum Gasteiger partial charge on any atom is 0.224 e. The van der Waals surface area contributed by atoms with Crippen molar-refractivity contribution in [1.29, 1.82) is 0 Å². The molecule has 3 rings (SSSR count). The summed E-state index contributed by atoms with van der Waals surface area (Å²) in [4.78, 5) is 10.9. The molecule has 0 amide bonds. The number of morpholine rings is 1.